The van der Waals surface area contributed by atoms with E-state index in [0.717, 1.165) is 0 Å². The number of halogens is 2. The predicted molar refractivity (Wildman–Crippen MR) is 114 cm³/mol. The van der Waals surface area contributed by atoms with Crippen LogP contribution >= 0.6 is 0 Å². The molecule has 0 aliphatic carbocycles. The van der Waals surface area contributed by atoms with Gasteiger partial charge in [-0.05, 0) is 43.5 Å². The van der Waals surface area contributed by atoms with Crippen molar-refractivity contribution < 1.29 is 27.8 Å². The number of rotatable bonds is 8. The van der Waals surface area contributed by atoms with Crippen molar-refractivity contribution in [2.75, 3.05) is 19.7 Å². The number of amides is 2. The highest BCUT2D eigenvalue weighted by atomic mass is 19.3. The van der Waals surface area contributed by atoms with Crippen LogP contribution in [0.5, 0.6) is 11.5 Å². The Kier molecular flexibility index (Phi) is 7.80. The molecular formula is C22H26F2N4O4. The summed E-state index contributed by atoms with van der Waals surface area (Å²) >= 11 is 0. The fraction of sp³-hybridized carbons (Fsp3) is 0.409. The minimum absolute atomic E-state index is 0.00753. The summed E-state index contributed by atoms with van der Waals surface area (Å²) in [7, 11) is 1.75. The molecule has 3 rings (SSSR count). The van der Waals surface area contributed by atoms with Crippen LogP contribution in [0.15, 0.2) is 36.7 Å². The average Bonchev–Trinajstić information content (AvgIpc) is 3.20. The number of hydrogen-bond acceptors (Lipinski definition) is 5. The molecule has 0 bridgehead atoms. The van der Waals surface area contributed by atoms with Crippen molar-refractivity contribution in [1.82, 2.24) is 20.0 Å². The highest BCUT2D eigenvalue weighted by Gasteiger charge is 2.23. The maximum atomic E-state index is 12.5. The molecule has 2 heterocycles. The van der Waals surface area contributed by atoms with Gasteiger partial charge in [0.05, 0.1) is 18.4 Å². The predicted octanol–water partition coefficient (Wildman–Crippen LogP) is 2.85. The fourth-order valence-electron chi connectivity index (χ4n) is 3.41. The second kappa shape index (κ2) is 10.7. The maximum Gasteiger partial charge on any atom is 0.387 e. The van der Waals surface area contributed by atoms with Crippen LogP contribution in [-0.2, 0) is 11.8 Å². The van der Waals surface area contributed by atoms with Gasteiger partial charge in [0.15, 0.2) is 11.5 Å². The number of nitrogens with zero attached hydrogens (tertiary/aromatic N) is 3. The Balaban J connectivity index is 1.53. The quantitative estimate of drug-likeness (QED) is 0.628. The molecule has 1 N–H and O–H groups in total. The minimum atomic E-state index is -2.95. The zero-order valence-electron chi connectivity index (χ0n) is 18.0. The molecule has 1 saturated heterocycles. The van der Waals surface area contributed by atoms with Gasteiger partial charge in [-0.25, -0.2) is 0 Å². The van der Waals surface area contributed by atoms with Gasteiger partial charge in [-0.1, -0.05) is 6.07 Å². The largest absolute Gasteiger partial charge is 0.490 e. The molecule has 2 amide bonds. The lowest BCUT2D eigenvalue weighted by Gasteiger charge is -2.31. The van der Waals surface area contributed by atoms with E-state index in [9.17, 15) is 18.4 Å². The van der Waals surface area contributed by atoms with Crippen LogP contribution in [0.1, 0.15) is 35.7 Å². The third-order valence-electron chi connectivity index (χ3n) is 5.01. The van der Waals surface area contributed by atoms with Crippen molar-refractivity contribution in [2.24, 2.45) is 7.05 Å². The first-order valence-electron chi connectivity index (χ1n) is 10.3. The van der Waals surface area contributed by atoms with E-state index in [0.29, 0.717) is 37.1 Å². The van der Waals surface area contributed by atoms with Gasteiger partial charge in [0.1, 0.15) is 0 Å². The number of piperidine rings is 1. The Morgan fingerprint density at radius 1 is 1.28 bits per heavy atom. The summed E-state index contributed by atoms with van der Waals surface area (Å²) in [6, 6.07) is 4.50. The van der Waals surface area contributed by atoms with Crippen molar-refractivity contribution >= 4 is 17.9 Å². The summed E-state index contributed by atoms with van der Waals surface area (Å²) in [4.78, 5) is 26.5. The monoisotopic (exact) mass is 448 g/mol. The van der Waals surface area contributed by atoms with Gasteiger partial charge < -0.3 is 19.7 Å². The van der Waals surface area contributed by atoms with Crippen LogP contribution in [-0.4, -0.2) is 58.8 Å². The lowest BCUT2D eigenvalue weighted by Crippen LogP contribution is -2.46. The number of alkyl halides is 2. The molecule has 0 radical (unpaired) electrons. The van der Waals surface area contributed by atoms with Gasteiger partial charge >= 0.3 is 6.61 Å². The second-order valence-electron chi connectivity index (χ2n) is 7.33. The number of ether oxygens (including phenoxy) is 2. The Morgan fingerprint density at radius 2 is 2.03 bits per heavy atom. The Morgan fingerprint density at radius 3 is 2.66 bits per heavy atom. The topological polar surface area (TPSA) is 85.7 Å². The summed E-state index contributed by atoms with van der Waals surface area (Å²) in [6.07, 6.45) is 7.52. The van der Waals surface area contributed by atoms with E-state index in [-0.39, 0.29) is 36.0 Å². The highest BCUT2D eigenvalue weighted by molar-refractivity contribution is 5.94. The molecule has 1 aromatic carbocycles. The maximum absolute atomic E-state index is 12.5. The first-order valence-corrected chi connectivity index (χ1v) is 10.3. The number of aromatic nitrogens is 2. The van der Waals surface area contributed by atoms with Gasteiger partial charge in [0.2, 0.25) is 5.91 Å². The number of carbonyl (C=O) groups is 2. The first kappa shape index (κ1) is 23.2. The van der Waals surface area contributed by atoms with Crippen LogP contribution in [0.2, 0.25) is 0 Å². The number of benzene rings is 1. The van der Waals surface area contributed by atoms with Crippen molar-refractivity contribution in [1.29, 1.82) is 0 Å². The molecular weight excluding hydrogens is 422 g/mol. The van der Waals surface area contributed by atoms with Crippen LogP contribution in [0.25, 0.3) is 6.08 Å². The highest BCUT2D eigenvalue weighted by Crippen LogP contribution is 2.30. The molecule has 1 aliphatic heterocycles. The Bertz CT molecular complexity index is 969. The number of hydrogen-bond donors (Lipinski definition) is 1. The zero-order valence-corrected chi connectivity index (χ0v) is 18.0. The summed E-state index contributed by atoms with van der Waals surface area (Å²) in [5, 5.41) is 6.97. The molecule has 0 unspecified atom stereocenters. The van der Waals surface area contributed by atoms with E-state index >= 15 is 0 Å². The molecule has 32 heavy (non-hydrogen) atoms. The smallest absolute Gasteiger partial charge is 0.387 e. The Labute approximate surface area is 184 Å². The van der Waals surface area contributed by atoms with Crippen molar-refractivity contribution in [2.45, 2.75) is 32.4 Å². The molecule has 0 spiro atoms. The lowest BCUT2D eigenvalue weighted by molar-refractivity contribution is -0.127. The standard InChI is InChI=1S/C22H26F2N4O4/c1-3-31-19-12-15(4-6-18(19)32-22(23)24)5-7-20(29)28-10-8-17(9-11-28)26-21(30)16-13-25-27(2)14-16/h4-7,12-14,17,22H,3,8-11H2,1-2H3,(H,26,30)/b7-5+. The lowest BCUT2D eigenvalue weighted by atomic mass is 10.0. The summed E-state index contributed by atoms with van der Waals surface area (Å²) < 4.78 is 36.4. The van der Waals surface area contributed by atoms with Crippen LogP contribution < -0.4 is 14.8 Å². The van der Waals surface area contributed by atoms with Gasteiger partial charge in [0.25, 0.3) is 5.91 Å². The van der Waals surface area contributed by atoms with Crippen molar-refractivity contribution in [3.05, 3.63) is 47.8 Å². The van der Waals surface area contributed by atoms with Gasteiger partial charge in [-0.2, -0.15) is 13.9 Å². The summed E-state index contributed by atoms with van der Waals surface area (Å²) in [6.45, 7) is 0.118. The van der Waals surface area contributed by atoms with E-state index in [2.05, 4.69) is 15.2 Å². The molecule has 10 heteroatoms. The SMILES string of the molecule is CCOc1cc(/C=C/C(=O)N2CCC(NC(=O)c3cnn(C)c3)CC2)ccc1OC(F)F. The molecule has 1 fully saturated rings. The first-order chi connectivity index (χ1) is 15.4. The number of nitrogens with one attached hydrogen (secondary N) is 1. The summed E-state index contributed by atoms with van der Waals surface area (Å²) in [5.41, 5.74) is 1.13. The molecule has 172 valence electrons. The molecule has 1 aromatic heterocycles. The number of aryl methyl sites for hydroxylation is 1. The third-order valence-corrected chi connectivity index (χ3v) is 5.01. The van der Waals surface area contributed by atoms with Gasteiger partial charge in [0, 0.05) is 38.5 Å². The normalized spacial score (nSPS) is 14.7. The van der Waals surface area contributed by atoms with Gasteiger partial charge in [-0.3, -0.25) is 14.3 Å². The Hall–Kier alpha value is -3.43. The third kappa shape index (κ3) is 6.29. The van der Waals surface area contributed by atoms with Crippen molar-refractivity contribution in [3.8, 4) is 11.5 Å². The average molecular weight is 448 g/mol. The minimum Gasteiger partial charge on any atom is -0.490 e. The summed E-state index contributed by atoms with van der Waals surface area (Å²) in [5.74, 6) is -0.201. The number of carbonyl (C=O) groups excluding carboxylic acids is 2. The van der Waals surface area contributed by atoms with E-state index in [1.807, 2.05) is 0 Å². The van der Waals surface area contributed by atoms with E-state index in [4.69, 9.17) is 4.74 Å². The molecule has 1 aliphatic rings. The molecule has 2 aromatic rings. The molecule has 0 atom stereocenters. The molecule has 8 nitrogen and oxygen atoms in total. The van der Waals surface area contributed by atoms with Gasteiger partial charge in [-0.15, -0.1) is 0 Å². The number of likely N-dealkylation sites (tertiary alicyclic amines) is 1. The fourth-order valence-corrected chi connectivity index (χ4v) is 3.41. The zero-order chi connectivity index (χ0) is 23.1. The van der Waals surface area contributed by atoms with Crippen LogP contribution in [0.4, 0.5) is 8.78 Å². The van der Waals surface area contributed by atoms with Crippen LogP contribution in [0.3, 0.4) is 0 Å². The van der Waals surface area contributed by atoms with E-state index < -0.39 is 6.61 Å². The second-order valence-corrected chi connectivity index (χ2v) is 7.33. The van der Waals surface area contributed by atoms with Crippen molar-refractivity contribution in [3.63, 3.8) is 0 Å². The van der Waals surface area contributed by atoms with Crippen LogP contribution in [0, 0.1) is 0 Å². The van der Waals surface area contributed by atoms with E-state index in [1.165, 1.54) is 18.3 Å². The molecule has 0 saturated carbocycles. The van der Waals surface area contributed by atoms with E-state index in [1.54, 1.807) is 48.0 Å².